The Morgan fingerprint density at radius 2 is 1.54 bits per heavy atom. The molecule has 0 aliphatic carbocycles. The molecule has 2 aromatic rings. The maximum Gasteiger partial charge on any atom is 0.408 e. The third-order valence-corrected chi connectivity index (χ3v) is 4.02. The van der Waals surface area contributed by atoms with Crippen molar-refractivity contribution < 1.29 is 24.2 Å². The summed E-state index contributed by atoms with van der Waals surface area (Å²) in [4.78, 5) is 35.2. The predicted octanol–water partition coefficient (Wildman–Crippen LogP) is 2.51. The standard InChI is InChI=1S/C21H24N2O5/c24-19(25)12-11-18(20(26)22-14-13-16-7-3-1-4-8-16)23-21(27)28-15-17-9-5-2-6-10-17/h1-10,18H,11-15H2,(H,22,26)(H,23,27)(H,24,25)/t18-/m0/s1. The molecular weight excluding hydrogens is 360 g/mol. The number of hydrogen-bond acceptors (Lipinski definition) is 4. The van der Waals surface area contributed by atoms with Gasteiger partial charge in [-0.25, -0.2) is 4.79 Å². The molecule has 0 spiro atoms. The highest BCUT2D eigenvalue weighted by molar-refractivity contribution is 5.86. The van der Waals surface area contributed by atoms with Crippen LogP contribution in [0.15, 0.2) is 60.7 Å². The number of alkyl carbamates (subject to hydrolysis) is 1. The number of ether oxygens (including phenoxy) is 1. The maximum absolute atomic E-state index is 12.4. The van der Waals surface area contributed by atoms with Crippen LogP contribution >= 0.6 is 0 Å². The van der Waals surface area contributed by atoms with E-state index in [9.17, 15) is 14.4 Å². The number of carboxylic acids is 1. The van der Waals surface area contributed by atoms with Crippen LogP contribution < -0.4 is 10.6 Å². The molecule has 0 bridgehead atoms. The molecule has 0 saturated heterocycles. The van der Waals surface area contributed by atoms with Crippen LogP contribution in [-0.2, 0) is 27.4 Å². The van der Waals surface area contributed by atoms with Crippen molar-refractivity contribution in [1.29, 1.82) is 0 Å². The van der Waals surface area contributed by atoms with Crippen molar-refractivity contribution in [3.63, 3.8) is 0 Å². The first-order chi connectivity index (χ1) is 13.5. The average molecular weight is 384 g/mol. The molecule has 2 aromatic carbocycles. The van der Waals surface area contributed by atoms with E-state index in [-0.39, 0.29) is 19.4 Å². The molecule has 2 amide bonds. The lowest BCUT2D eigenvalue weighted by Gasteiger charge is -2.18. The summed E-state index contributed by atoms with van der Waals surface area (Å²) in [5.74, 6) is -1.48. The normalized spacial score (nSPS) is 11.3. The minimum atomic E-state index is -1.04. The summed E-state index contributed by atoms with van der Waals surface area (Å²) >= 11 is 0. The summed E-state index contributed by atoms with van der Waals surface area (Å²) < 4.78 is 5.11. The van der Waals surface area contributed by atoms with Crippen LogP contribution in [0, 0.1) is 0 Å². The highest BCUT2D eigenvalue weighted by Gasteiger charge is 2.22. The minimum Gasteiger partial charge on any atom is -0.481 e. The van der Waals surface area contributed by atoms with Crippen molar-refractivity contribution >= 4 is 18.0 Å². The lowest BCUT2D eigenvalue weighted by Crippen LogP contribution is -2.47. The molecule has 0 saturated carbocycles. The molecule has 2 rings (SSSR count). The summed E-state index contributed by atoms with van der Waals surface area (Å²) in [6.45, 7) is 0.446. The molecule has 1 atom stereocenters. The summed E-state index contributed by atoms with van der Waals surface area (Å²) in [6.07, 6.45) is -0.392. The van der Waals surface area contributed by atoms with E-state index in [0.29, 0.717) is 13.0 Å². The van der Waals surface area contributed by atoms with Gasteiger partial charge in [-0.3, -0.25) is 9.59 Å². The van der Waals surface area contributed by atoms with E-state index in [1.54, 1.807) is 0 Å². The molecule has 0 aromatic heterocycles. The van der Waals surface area contributed by atoms with Crippen molar-refractivity contribution in [2.45, 2.75) is 31.9 Å². The summed E-state index contributed by atoms with van der Waals surface area (Å²) in [7, 11) is 0. The quantitative estimate of drug-likeness (QED) is 0.584. The molecule has 7 nitrogen and oxygen atoms in total. The van der Waals surface area contributed by atoms with Gasteiger partial charge in [0.15, 0.2) is 0 Å². The number of benzene rings is 2. The summed E-state index contributed by atoms with van der Waals surface area (Å²) in [6, 6.07) is 17.8. The monoisotopic (exact) mass is 384 g/mol. The second-order valence-corrected chi connectivity index (χ2v) is 6.22. The molecule has 28 heavy (non-hydrogen) atoms. The van der Waals surface area contributed by atoms with E-state index < -0.39 is 24.0 Å². The van der Waals surface area contributed by atoms with Gasteiger partial charge in [-0.05, 0) is 24.0 Å². The minimum absolute atomic E-state index is 0.0209. The fraction of sp³-hybridized carbons (Fsp3) is 0.286. The van der Waals surface area contributed by atoms with E-state index >= 15 is 0 Å². The highest BCUT2D eigenvalue weighted by Crippen LogP contribution is 2.04. The molecule has 0 heterocycles. The molecule has 148 valence electrons. The molecular formula is C21H24N2O5. The maximum atomic E-state index is 12.4. The number of carbonyl (C=O) groups excluding carboxylic acids is 2. The topological polar surface area (TPSA) is 105 Å². The Hall–Kier alpha value is -3.35. The first kappa shape index (κ1) is 21.0. The van der Waals surface area contributed by atoms with Gasteiger partial charge in [0, 0.05) is 13.0 Å². The SMILES string of the molecule is O=C(O)CC[C@H](NC(=O)OCc1ccccc1)C(=O)NCCc1ccccc1. The fourth-order valence-electron chi connectivity index (χ4n) is 2.54. The molecule has 7 heteroatoms. The Labute approximate surface area is 163 Å². The van der Waals surface area contributed by atoms with Gasteiger partial charge in [0.25, 0.3) is 0 Å². The summed E-state index contributed by atoms with van der Waals surface area (Å²) in [5, 5.41) is 14.1. The second-order valence-electron chi connectivity index (χ2n) is 6.22. The zero-order chi connectivity index (χ0) is 20.2. The average Bonchev–Trinajstić information content (AvgIpc) is 2.71. The third kappa shape index (κ3) is 7.90. The molecule has 0 aliphatic heterocycles. The van der Waals surface area contributed by atoms with Crippen LogP contribution in [0.4, 0.5) is 4.79 Å². The van der Waals surface area contributed by atoms with Crippen LogP contribution in [0.5, 0.6) is 0 Å². The van der Waals surface area contributed by atoms with Crippen LogP contribution in [-0.4, -0.2) is 35.7 Å². The first-order valence-corrected chi connectivity index (χ1v) is 9.05. The van der Waals surface area contributed by atoms with E-state index in [2.05, 4.69) is 10.6 Å². The molecule has 0 unspecified atom stereocenters. The van der Waals surface area contributed by atoms with Crippen LogP contribution in [0.25, 0.3) is 0 Å². The Morgan fingerprint density at radius 3 is 2.14 bits per heavy atom. The zero-order valence-electron chi connectivity index (χ0n) is 15.5. The highest BCUT2D eigenvalue weighted by atomic mass is 16.5. The van der Waals surface area contributed by atoms with Gasteiger partial charge in [-0.2, -0.15) is 0 Å². The fourth-order valence-corrected chi connectivity index (χ4v) is 2.54. The molecule has 0 aliphatic rings. The van der Waals surface area contributed by atoms with Gasteiger partial charge < -0.3 is 20.5 Å². The van der Waals surface area contributed by atoms with E-state index in [0.717, 1.165) is 11.1 Å². The number of carbonyl (C=O) groups is 3. The Bertz CT molecular complexity index is 765. The molecule has 0 fully saturated rings. The van der Waals surface area contributed by atoms with Gasteiger partial charge in [0.1, 0.15) is 12.6 Å². The van der Waals surface area contributed by atoms with Crippen LogP contribution in [0.3, 0.4) is 0 Å². The van der Waals surface area contributed by atoms with Gasteiger partial charge in [-0.1, -0.05) is 60.7 Å². The van der Waals surface area contributed by atoms with E-state index in [1.807, 2.05) is 60.7 Å². The lowest BCUT2D eigenvalue weighted by molar-refractivity contribution is -0.137. The summed E-state index contributed by atoms with van der Waals surface area (Å²) in [5.41, 5.74) is 1.88. The van der Waals surface area contributed by atoms with Gasteiger partial charge in [-0.15, -0.1) is 0 Å². The second kappa shape index (κ2) is 11.4. The number of amides is 2. The zero-order valence-corrected chi connectivity index (χ0v) is 15.5. The number of aliphatic carboxylic acids is 1. The number of carboxylic acid groups (broad SMARTS) is 1. The Morgan fingerprint density at radius 1 is 0.929 bits per heavy atom. The largest absolute Gasteiger partial charge is 0.481 e. The third-order valence-electron chi connectivity index (χ3n) is 4.02. The van der Waals surface area contributed by atoms with Crippen molar-refractivity contribution in [2.75, 3.05) is 6.54 Å². The van der Waals surface area contributed by atoms with E-state index in [1.165, 1.54) is 0 Å². The van der Waals surface area contributed by atoms with Gasteiger partial charge in [0.2, 0.25) is 5.91 Å². The lowest BCUT2D eigenvalue weighted by atomic mass is 10.1. The van der Waals surface area contributed by atoms with Gasteiger partial charge >= 0.3 is 12.1 Å². The van der Waals surface area contributed by atoms with Gasteiger partial charge in [0.05, 0.1) is 0 Å². The number of nitrogens with one attached hydrogen (secondary N) is 2. The molecule has 0 radical (unpaired) electrons. The number of hydrogen-bond donors (Lipinski definition) is 3. The van der Waals surface area contributed by atoms with Crippen molar-refractivity contribution in [2.24, 2.45) is 0 Å². The van der Waals surface area contributed by atoms with Crippen LogP contribution in [0.1, 0.15) is 24.0 Å². The Kier molecular flexibility index (Phi) is 8.52. The first-order valence-electron chi connectivity index (χ1n) is 9.05. The van der Waals surface area contributed by atoms with Crippen LogP contribution in [0.2, 0.25) is 0 Å². The van der Waals surface area contributed by atoms with E-state index in [4.69, 9.17) is 9.84 Å². The van der Waals surface area contributed by atoms with Crippen molar-refractivity contribution in [3.05, 3.63) is 71.8 Å². The number of rotatable bonds is 10. The molecule has 3 N–H and O–H groups in total. The van der Waals surface area contributed by atoms with Crippen molar-refractivity contribution in [3.8, 4) is 0 Å². The smallest absolute Gasteiger partial charge is 0.408 e. The predicted molar refractivity (Wildman–Crippen MR) is 104 cm³/mol. The Balaban J connectivity index is 1.83. The van der Waals surface area contributed by atoms with Crippen molar-refractivity contribution in [1.82, 2.24) is 10.6 Å².